The lowest BCUT2D eigenvalue weighted by Crippen LogP contribution is -2.29. The summed E-state index contributed by atoms with van der Waals surface area (Å²) in [5.41, 5.74) is -0.929. The zero-order chi connectivity index (χ0) is 14.5. The van der Waals surface area contributed by atoms with Crippen molar-refractivity contribution >= 4 is 0 Å². The predicted molar refractivity (Wildman–Crippen MR) is 60.9 cm³/mol. The summed E-state index contributed by atoms with van der Waals surface area (Å²) in [7, 11) is 2.91. The predicted octanol–water partition coefficient (Wildman–Crippen LogP) is 2.55. The Bertz CT molecular complexity index is 405. The van der Waals surface area contributed by atoms with E-state index in [0.29, 0.717) is 12.1 Å². The van der Waals surface area contributed by atoms with Crippen LogP contribution in [-0.4, -0.2) is 27.1 Å². The van der Waals surface area contributed by atoms with Gasteiger partial charge in [0.05, 0.1) is 5.56 Å². The zero-order valence-corrected chi connectivity index (χ0v) is 10.6. The number of methoxy groups -OCH3 is 2. The van der Waals surface area contributed by atoms with Gasteiger partial charge in [-0.1, -0.05) is 6.07 Å². The number of halogens is 4. The molecule has 108 valence electrons. The minimum atomic E-state index is -4.69. The molecule has 0 unspecified atom stereocenters. The van der Waals surface area contributed by atoms with Crippen LogP contribution in [0.2, 0.25) is 0 Å². The van der Waals surface area contributed by atoms with E-state index >= 15 is 0 Å². The lowest BCUT2D eigenvalue weighted by atomic mass is 10.1. The molecule has 0 heterocycles. The molecule has 7 heteroatoms. The second-order valence-electron chi connectivity index (χ2n) is 3.84. The molecule has 1 rings (SSSR count). The van der Waals surface area contributed by atoms with Crippen molar-refractivity contribution in [2.45, 2.75) is 19.0 Å². The van der Waals surface area contributed by atoms with Crippen LogP contribution < -0.4 is 5.32 Å². The van der Waals surface area contributed by atoms with Crippen molar-refractivity contribution in [2.75, 3.05) is 20.8 Å². The summed E-state index contributed by atoms with van der Waals surface area (Å²) in [6.45, 7) is 0.471. The highest BCUT2D eigenvalue weighted by Crippen LogP contribution is 2.31. The van der Waals surface area contributed by atoms with E-state index in [1.54, 1.807) is 0 Å². The van der Waals surface area contributed by atoms with Crippen LogP contribution >= 0.6 is 0 Å². The second kappa shape index (κ2) is 6.83. The quantitative estimate of drug-likeness (QED) is 0.642. The Hall–Kier alpha value is -1.18. The Morgan fingerprint density at radius 3 is 2.37 bits per heavy atom. The Morgan fingerprint density at radius 2 is 1.84 bits per heavy atom. The van der Waals surface area contributed by atoms with E-state index in [9.17, 15) is 17.6 Å². The average Bonchev–Trinajstić information content (AvgIpc) is 2.35. The number of hydrogen-bond donors (Lipinski definition) is 1. The summed E-state index contributed by atoms with van der Waals surface area (Å²) < 4.78 is 60.3. The molecule has 0 aliphatic carbocycles. The SMILES string of the molecule is COC(CNCc1ccc(F)c(C(F)(F)F)c1)OC. The Labute approximate surface area is 108 Å². The summed E-state index contributed by atoms with van der Waals surface area (Å²) in [5.74, 6) is -1.28. The highest BCUT2D eigenvalue weighted by atomic mass is 19.4. The Kier molecular flexibility index (Phi) is 5.71. The van der Waals surface area contributed by atoms with Gasteiger partial charge in [0.2, 0.25) is 0 Å². The van der Waals surface area contributed by atoms with Gasteiger partial charge in [0.15, 0.2) is 6.29 Å². The van der Waals surface area contributed by atoms with Crippen LogP contribution in [-0.2, 0) is 22.2 Å². The lowest BCUT2D eigenvalue weighted by Gasteiger charge is -2.15. The minimum absolute atomic E-state index is 0.159. The first-order valence-electron chi connectivity index (χ1n) is 5.50. The van der Waals surface area contributed by atoms with Gasteiger partial charge in [-0.3, -0.25) is 0 Å². The molecule has 0 fully saturated rings. The Morgan fingerprint density at radius 1 is 1.21 bits per heavy atom. The van der Waals surface area contributed by atoms with E-state index in [-0.39, 0.29) is 6.54 Å². The molecule has 0 saturated carbocycles. The molecular weight excluding hydrogens is 266 g/mol. The van der Waals surface area contributed by atoms with Crippen LogP contribution in [0.15, 0.2) is 18.2 Å². The highest BCUT2D eigenvalue weighted by Gasteiger charge is 2.34. The van der Waals surface area contributed by atoms with Gasteiger partial charge in [-0.25, -0.2) is 4.39 Å². The molecule has 3 nitrogen and oxygen atoms in total. The number of benzene rings is 1. The first kappa shape index (κ1) is 15.9. The fourth-order valence-electron chi connectivity index (χ4n) is 1.50. The molecule has 0 aliphatic heterocycles. The van der Waals surface area contributed by atoms with Crippen molar-refractivity contribution in [3.05, 3.63) is 35.1 Å². The number of ether oxygens (including phenoxy) is 2. The van der Waals surface area contributed by atoms with Crippen LogP contribution in [0.3, 0.4) is 0 Å². The molecule has 0 spiro atoms. The van der Waals surface area contributed by atoms with E-state index in [0.717, 1.165) is 12.1 Å². The van der Waals surface area contributed by atoms with E-state index in [1.807, 2.05) is 0 Å². The van der Waals surface area contributed by atoms with Crippen molar-refractivity contribution in [3.63, 3.8) is 0 Å². The molecule has 0 atom stereocenters. The molecule has 0 amide bonds. The molecule has 0 bridgehead atoms. The number of nitrogens with one attached hydrogen (secondary N) is 1. The summed E-state index contributed by atoms with van der Waals surface area (Å²) in [4.78, 5) is 0. The third kappa shape index (κ3) is 4.77. The standard InChI is InChI=1S/C12H15F4NO2/c1-18-11(19-2)7-17-6-8-3-4-10(13)9(5-8)12(14,15)16/h3-5,11,17H,6-7H2,1-2H3. The van der Waals surface area contributed by atoms with Gasteiger partial charge in [0.1, 0.15) is 5.82 Å². The maximum Gasteiger partial charge on any atom is 0.419 e. The maximum absolute atomic E-state index is 13.0. The Balaban J connectivity index is 2.65. The molecule has 19 heavy (non-hydrogen) atoms. The van der Waals surface area contributed by atoms with Crippen LogP contribution in [0.1, 0.15) is 11.1 Å². The first-order valence-corrected chi connectivity index (χ1v) is 5.50. The van der Waals surface area contributed by atoms with Crippen molar-refractivity contribution in [3.8, 4) is 0 Å². The normalized spacial score (nSPS) is 12.2. The number of alkyl halides is 3. The van der Waals surface area contributed by atoms with Gasteiger partial charge in [-0.15, -0.1) is 0 Å². The van der Waals surface area contributed by atoms with E-state index in [2.05, 4.69) is 5.32 Å². The van der Waals surface area contributed by atoms with Gasteiger partial charge >= 0.3 is 6.18 Å². The summed E-state index contributed by atoms with van der Waals surface area (Å²) in [6, 6.07) is 2.90. The molecule has 0 radical (unpaired) electrons. The van der Waals surface area contributed by atoms with Crippen molar-refractivity contribution in [1.82, 2.24) is 5.32 Å². The fourth-order valence-corrected chi connectivity index (χ4v) is 1.50. The molecule has 1 N–H and O–H groups in total. The smallest absolute Gasteiger partial charge is 0.355 e. The van der Waals surface area contributed by atoms with Crippen LogP contribution in [0, 0.1) is 5.82 Å². The van der Waals surface area contributed by atoms with Crippen LogP contribution in [0.5, 0.6) is 0 Å². The summed E-state index contributed by atoms with van der Waals surface area (Å²) in [6.07, 6.45) is -5.18. The number of hydrogen-bond acceptors (Lipinski definition) is 3. The molecule has 1 aromatic rings. The van der Waals surface area contributed by atoms with E-state index < -0.39 is 23.8 Å². The van der Waals surface area contributed by atoms with Gasteiger partial charge in [0, 0.05) is 27.3 Å². The number of rotatable bonds is 6. The largest absolute Gasteiger partial charge is 0.419 e. The van der Waals surface area contributed by atoms with Gasteiger partial charge in [-0.2, -0.15) is 13.2 Å². The van der Waals surface area contributed by atoms with Crippen molar-refractivity contribution < 1.29 is 27.0 Å². The third-order valence-electron chi connectivity index (χ3n) is 2.50. The zero-order valence-electron chi connectivity index (χ0n) is 10.6. The summed E-state index contributed by atoms with van der Waals surface area (Å²) in [5, 5.41) is 2.86. The molecule has 0 saturated heterocycles. The second-order valence-corrected chi connectivity index (χ2v) is 3.84. The van der Waals surface area contributed by atoms with Crippen LogP contribution in [0.25, 0.3) is 0 Å². The monoisotopic (exact) mass is 281 g/mol. The highest BCUT2D eigenvalue weighted by molar-refractivity contribution is 5.27. The van der Waals surface area contributed by atoms with Crippen molar-refractivity contribution in [2.24, 2.45) is 0 Å². The molecule has 0 aromatic heterocycles. The third-order valence-corrected chi connectivity index (χ3v) is 2.50. The van der Waals surface area contributed by atoms with Gasteiger partial charge in [-0.05, 0) is 17.7 Å². The van der Waals surface area contributed by atoms with Gasteiger partial charge < -0.3 is 14.8 Å². The van der Waals surface area contributed by atoms with Crippen molar-refractivity contribution in [1.29, 1.82) is 0 Å². The average molecular weight is 281 g/mol. The van der Waals surface area contributed by atoms with Crippen LogP contribution in [0.4, 0.5) is 17.6 Å². The topological polar surface area (TPSA) is 30.5 Å². The fraction of sp³-hybridized carbons (Fsp3) is 0.500. The minimum Gasteiger partial charge on any atom is -0.355 e. The van der Waals surface area contributed by atoms with E-state index in [4.69, 9.17) is 9.47 Å². The molecule has 1 aromatic carbocycles. The van der Waals surface area contributed by atoms with Gasteiger partial charge in [0.25, 0.3) is 0 Å². The molecule has 0 aliphatic rings. The maximum atomic E-state index is 13.0. The lowest BCUT2D eigenvalue weighted by molar-refractivity contribution is -0.140. The molecular formula is C12H15F4NO2. The first-order chi connectivity index (χ1) is 8.88. The van der Waals surface area contributed by atoms with E-state index in [1.165, 1.54) is 20.3 Å². The summed E-state index contributed by atoms with van der Waals surface area (Å²) >= 11 is 0.